The Morgan fingerprint density at radius 3 is 2.84 bits per heavy atom. The van der Waals surface area contributed by atoms with E-state index in [0.717, 1.165) is 16.8 Å². The Morgan fingerprint density at radius 1 is 1.05 bits per heavy atom. The number of nitrogens with one attached hydrogen (secondary N) is 1. The molecule has 2 aromatic carbocycles. The van der Waals surface area contributed by atoms with Gasteiger partial charge in [0.15, 0.2) is 0 Å². The molecule has 0 fully saturated rings. The summed E-state index contributed by atoms with van der Waals surface area (Å²) in [5.41, 5.74) is 3.41. The minimum absolute atomic E-state index is 0.0254. The van der Waals surface area contributed by atoms with Gasteiger partial charge in [-0.15, -0.1) is 0 Å². The van der Waals surface area contributed by atoms with Crippen LogP contribution in [0.5, 0.6) is 5.75 Å². The van der Waals surface area contributed by atoms with E-state index < -0.39 is 0 Å². The molecule has 19 heavy (non-hydrogen) atoms. The molecule has 0 unspecified atom stereocenters. The van der Waals surface area contributed by atoms with E-state index in [9.17, 15) is 0 Å². The van der Waals surface area contributed by atoms with Gasteiger partial charge in [-0.25, -0.2) is 0 Å². The summed E-state index contributed by atoms with van der Waals surface area (Å²) in [4.78, 5) is 3.21. The number of aliphatic hydroxyl groups is 1. The van der Waals surface area contributed by atoms with Gasteiger partial charge >= 0.3 is 0 Å². The van der Waals surface area contributed by atoms with Crippen molar-refractivity contribution < 1.29 is 9.84 Å². The molecule has 0 saturated heterocycles. The molecule has 0 aliphatic carbocycles. The molecule has 0 spiro atoms. The molecule has 0 aliphatic rings. The number of fused-ring (bicyclic) bond motifs is 1. The first-order valence-corrected chi connectivity index (χ1v) is 6.29. The van der Waals surface area contributed by atoms with E-state index in [1.165, 1.54) is 10.9 Å². The lowest BCUT2D eigenvalue weighted by Crippen LogP contribution is -2.01. The second-order valence-corrected chi connectivity index (χ2v) is 4.34. The number of rotatable bonds is 4. The number of aromatic amines is 1. The van der Waals surface area contributed by atoms with E-state index in [0.29, 0.717) is 6.61 Å². The van der Waals surface area contributed by atoms with Crippen LogP contribution in [0, 0.1) is 0 Å². The third kappa shape index (κ3) is 2.33. The van der Waals surface area contributed by atoms with Gasteiger partial charge in [0, 0.05) is 17.1 Å². The zero-order valence-electron chi connectivity index (χ0n) is 10.5. The molecule has 3 aromatic rings. The summed E-state index contributed by atoms with van der Waals surface area (Å²) in [6, 6.07) is 16.2. The fraction of sp³-hybridized carbons (Fsp3) is 0.125. The molecule has 3 rings (SSSR count). The first-order chi connectivity index (χ1) is 9.38. The van der Waals surface area contributed by atoms with Gasteiger partial charge in [0.1, 0.15) is 12.4 Å². The van der Waals surface area contributed by atoms with Crippen LogP contribution in [-0.2, 0) is 0 Å². The van der Waals surface area contributed by atoms with Crippen molar-refractivity contribution in [3.63, 3.8) is 0 Å². The van der Waals surface area contributed by atoms with Crippen molar-refractivity contribution in [1.82, 2.24) is 4.98 Å². The van der Waals surface area contributed by atoms with E-state index in [4.69, 9.17) is 9.84 Å². The monoisotopic (exact) mass is 253 g/mol. The molecule has 0 saturated carbocycles. The highest BCUT2D eigenvalue weighted by atomic mass is 16.5. The van der Waals surface area contributed by atoms with Gasteiger partial charge in [-0.2, -0.15) is 0 Å². The first kappa shape index (κ1) is 11.8. The van der Waals surface area contributed by atoms with Crippen molar-refractivity contribution in [2.75, 3.05) is 13.2 Å². The average molecular weight is 253 g/mol. The van der Waals surface area contributed by atoms with E-state index >= 15 is 0 Å². The maximum absolute atomic E-state index is 8.80. The van der Waals surface area contributed by atoms with Crippen LogP contribution < -0.4 is 4.74 Å². The number of ether oxygens (including phenoxy) is 1. The molecule has 0 radical (unpaired) electrons. The van der Waals surface area contributed by atoms with Crippen LogP contribution >= 0.6 is 0 Å². The Hall–Kier alpha value is -2.26. The molecule has 2 N–H and O–H groups in total. The Bertz CT molecular complexity index is 688. The van der Waals surface area contributed by atoms with E-state index in [2.05, 4.69) is 29.2 Å². The third-order valence-electron chi connectivity index (χ3n) is 3.10. The van der Waals surface area contributed by atoms with Crippen molar-refractivity contribution in [2.24, 2.45) is 0 Å². The predicted molar refractivity (Wildman–Crippen MR) is 76.3 cm³/mol. The zero-order valence-corrected chi connectivity index (χ0v) is 10.5. The fourth-order valence-corrected chi connectivity index (χ4v) is 2.25. The summed E-state index contributed by atoms with van der Waals surface area (Å²) < 4.78 is 5.45. The molecule has 96 valence electrons. The third-order valence-corrected chi connectivity index (χ3v) is 3.10. The fourth-order valence-electron chi connectivity index (χ4n) is 2.25. The second kappa shape index (κ2) is 5.16. The van der Waals surface area contributed by atoms with Gasteiger partial charge in [-0.3, -0.25) is 0 Å². The summed E-state index contributed by atoms with van der Waals surface area (Å²) in [5, 5.41) is 9.99. The van der Waals surface area contributed by atoms with Crippen LogP contribution in [0.1, 0.15) is 0 Å². The lowest BCUT2D eigenvalue weighted by molar-refractivity contribution is 0.201. The summed E-state index contributed by atoms with van der Waals surface area (Å²) in [6.45, 7) is 0.343. The Kier molecular flexibility index (Phi) is 3.21. The molecular formula is C16H15NO2. The van der Waals surface area contributed by atoms with Crippen molar-refractivity contribution >= 4 is 10.9 Å². The molecule has 1 aromatic heterocycles. The van der Waals surface area contributed by atoms with Crippen LogP contribution in [0.25, 0.3) is 22.0 Å². The second-order valence-electron chi connectivity index (χ2n) is 4.34. The minimum Gasteiger partial charge on any atom is -0.491 e. The minimum atomic E-state index is 0.0254. The SMILES string of the molecule is OCCOc1cccc(-c2cccc3[nH]ccc23)c1. The zero-order chi connectivity index (χ0) is 13.1. The van der Waals surface area contributed by atoms with Gasteiger partial charge in [0.05, 0.1) is 6.61 Å². The number of H-pyrrole nitrogens is 1. The van der Waals surface area contributed by atoms with Gasteiger partial charge in [-0.1, -0.05) is 24.3 Å². The number of benzene rings is 2. The van der Waals surface area contributed by atoms with Gasteiger partial charge in [-0.05, 0) is 35.4 Å². The predicted octanol–water partition coefficient (Wildman–Crippen LogP) is 3.21. The van der Waals surface area contributed by atoms with Gasteiger partial charge in [0.2, 0.25) is 0 Å². The van der Waals surface area contributed by atoms with Crippen LogP contribution in [0.3, 0.4) is 0 Å². The topological polar surface area (TPSA) is 45.2 Å². The average Bonchev–Trinajstić information content (AvgIpc) is 2.93. The molecular weight excluding hydrogens is 238 g/mol. The molecule has 0 bridgehead atoms. The van der Waals surface area contributed by atoms with Crippen molar-refractivity contribution in [1.29, 1.82) is 0 Å². The summed E-state index contributed by atoms with van der Waals surface area (Å²) in [7, 11) is 0. The molecule has 1 heterocycles. The summed E-state index contributed by atoms with van der Waals surface area (Å²) in [5.74, 6) is 0.777. The highest BCUT2D eigenvalue weighted by molar-refractivity contribution is 5.95. The first-order valence-electron chi connectivity index (χ1n) is 6.29. The standard InChI is InChI=1S/C16H15NO2/c18-9-10-19-13-4-1-3-12(11-13)14-5-2-6-16-15(14)7-8-17-16/h1-8,11,17-18H,9-10H2. The van der Waals surface area contributed by atoms with Crippen molar-refractivity contribution in [3.05, 3.63) is 54.7 Å². The maximum Gasteiger partial charge on any atom is 0.120 e. The Balaban J connectivity index is 2.03. The van der Waals surface area contributed by atoms with Crippen LogP contribution in [0.15, 0.2) is 54.7 Å². The largest absolute Gasteiger partial charge is 0.491 e. The molecule has 3 nitrogen and oxygen atoms in total. The Morgan fingerprint density at radius 2 is 1.95 bits per heavy atom. The quantitative estimate of drug-likeness (QED) is 0.750. The molecule has 0 atom stereocenters. The van der Waals surface area contributed by atoms with E-state index in [1.54, 1.807) is 0 Å². The number of aromatic nitrogens is 1. The van der Waals surface area contributed by atoms with Gasteiger partial charge < -0.3 is 14.8 Å². The lowest BCUT2D eigenvalue weighted by atomic mass is 10.0. The maximum atomic E-state index is 8.80. The smallest absolute Gasteiger partial charge is 0.120 e. The number of hydrogen-bond acceptors (Lipinski definition) is 2. The highest BCUT2D eigenvalue weighted by Gasteiger charge is 2.05. The number of aliphatic hydroxyl groups excluding tert-OH is 1. The van der Waals surface area contributed by atoms with Crippen LogP contribution in [0.2, 0.25) is 0 Å². The lowest BCUT2D eigenvalue weighted by Gasteiger charge is -2.08. The molecule has 0 aliphatic heterocycles. The Labute approximate surface area is 111 Å². The number of hydrogen-bond donors (Lipinski definition) is 2. The van der Waals surface area contributed by atoms with Crippen molar-refractivity contribution in [3.8, 4) is 16.9 Å². The van der Waals surface area contributed by atoms with Crippen LogP contribution in [-0.4, -0.2) is 23.3 Å². The molecule has 3 heteroatoms. The van der Waals surface area contributed by atoms with E-state index in [1.807, 2.05) is 30.5 Å². The summed E-state index contributed by atoms with van der Waals surface area (Å²) in [6.07, 6.45) is 1.94. The normalized spacial score (nSPS) is 10.8. The van der Waals surface area contributed by atoms with Crippen LogP contribution in [0.4, 0.5) is 0 Å². The highest BCUT2D eigenvalue weighted by Crippen LogP contribution is 2.30. The van der Waals surface area contributed by atoms with E-state index in [-0.39, 0.29) is 6.61 Å². The summed E-state index contributed by atoms with van der Waals surface area (Å²) >= 11 is 0. The van der Waals surface area contributed by atoms with Crippen molar-refractivity contribution in [2.45, 2.75) is 0 Å². The molecule has 0 amide bonds. The van der Waals surface area contributed by atoms with Gasteiger partial charge in [0.25, 0.3) is 0 Å².